The second-order valence-electron chi connectivity index (χ2n) is 7.95. The molecule has 2 heterocycles. The van der Waals surface area contributed by atoms with Crippen LogP contribution in [0.5, 0.6) is 5.75 Å². The van der Waals surface area contributed by atoms with E-state index in [1.807, 2.05) is 37.8 Å². The van der Waals surface area contributed by atoms with Crippen molar-refractivity contribution in [1.82, 2.24) is 9.80 Å². The highest BCUT2D eigenvalue weighted by atomic mass is 16.5. The molecule has 2 fully saturated rings. The van der Waals surface area contributed by atoms with E-state index in [1.165, 1.54) is 5.56 Å². The van der Waals surface area contributed by atoms with Gasteiger partial charge in [-0.25, -0.2) is 0 Å². The number of ether oxygens (including phenoxy) is 1. The van der Waals surface area contributed by atoms with Crippen LogP contribution in [-0.4, -0.2) is 47.9 Å². The third-order valence-electron chi connectivity index (χ3n) is 5.76. The van der Waals surface area contributed by atoms with Crippen molar-refractivity contribution in [2.24, 2.45) is 11.8 Å². The van der Waals surface area contributed by atoms with Crippen molar-refractivity contribution in [2.75, 3.05) is 26.2 Å². The fourth-order valence-corrected chi connectivity index (χ4v) is 4.28. The molecule has 2 aliphatic heterocycles. The van der Waals surface area contributed by atoms with Gasteiger partial charge < -0.3 is 14.5 Å². The van der Waals surface area contributed by atoms with E-state index in [0.29, 0.717) is 19.7 Å². The summed E-state index contributed by atoms with van der Waals surface area (Å²) in [5.41, 5.74) is 1.19. The van der Waals surface area contributed by atoms with E-state index >= 15 is 0 Å². The van der Waals surface area contributed by atoms with Gasteiger partial charge in [-0.1, -0.05) is 26.0 Å². The number of rotatable bonds is 5. The van der Waals surface area contributed by atoms with Gasteiger partial charge in [0.1, 0.15) is 5.75 Å². The van der Waals surface area contributed by atoms with Gasteiger partial charge >= 0.3 is 0 Å². The number of piperidine rings is 1. The Labute approximate surface area is 162 Å². The zero-order chi connectivity index (χ0) is 19.4. The van der Waals surface area contributed by atoms with Gasteiger partial charge in [0.15, 0.2) is 0 Å². The molecule has 1 aromatic rings. The monoisotopic (exact) mass is 372 g/mol. The van der Waals surface area contributed by atoms with Gasteiger partial charge in [0.05, 0.1) is 12.6 Å². The van der Waals surface area contributed by atoms with Crippen molar-refractivity contribution in [2.45, 2.75) is 52.5 Å². The zero-order valence-corrected chi connectivity index (χ0v) is 16.8. The molecule has 27 heavy (non-hydrogen) atoms. The van der Waals surface area contributed by atoms with Gasteiger partial charge in [0.25, 0.3) is 0 Å². The summed E-state index contributed by atoms with van der Waals surface area (Å²) >= 11 is 0. The first kappa shape index (κ1) is 19.7. The molecule has 0 aliphatic carbocycles. The van der Waals surface area contributed by atoms with Crippen molar-refractivity contribution < 1.29 is 14.3 Å². The first-order chi connectivity index (χ1) is 13.0. The average Bonchev–Trinajstić information content (AvgIpc) is 3.17. The number of nitrogens with zero attached hydrogens (tertiary/aromatic N) is 2. The molecular weight excluding hydrogens is 340 g/mol. The van der Waals surface area contributed by atoms with Crippen LogP contribution in [0.2, 0.25) is 0 Å². The van der Waals surface area contributed by atoms with E-state index in [9.17, 15) is 9.59 Å². The molecule has 1 unspecified atom stereocenters. The van der Waals surface area contributed by atoms with E-state index in [4.69, 9.17) is 4.74 Å². The molecule has 5 heteroatoms. The molecular formula is C22H32N2O3. The highest BCUT2D eigenvalue weighted by Gasteiger charge is 2.36. The maximum absolute atomic E-state index is 13.2. The molecule has 5 nitrogen and oxygen atoms in total. The van der Waals surface area contributed by atoms with Gasteiger partial charge in [0, 0.05) is 31.5 Å². The molecule has 0 N–H and O–H groups in total. The second-order valence-corrected chi connectivity index (χ2v) is 7.95. The number of hydrogen-bond acceptors (Lipinski definition) is 3. The highest BCUT2D eigenvalue weighted by molar-refractivity contribution is 5.81. The minimum absolute atomic E-state index is 0.0277. The number of amides is 2. The fraction of sp³-hybridized carbons (Fsp3) is 0.636. The van der Waals surface area contributed by atoms with Crippen LogP contribution in [0.25, 0.3) is 0 Å². The summed E-state index contributed by atoms with van der Waals surface area (Å²) in [6.07, 6.45) is 3.63. The Balaban J connectivity index is 1.61. The van der Waals surface area contributed by atoms with Crippen LogP contribution in [0.1, 0.15) is 58.1 Å². The van der Waals surface area contributed by atoms with Crippen molar-refractivity contribution in [3.05, 3.63) is 29.8 Å². The van der Waals surface area contributed by atoms with Crippen LogP contribution in [0, 0.1) is 11.8 Å². The molecule has 1 atom stereocenters. The maximum atomic E-state index is 13.2. The van der Waals surface area contributed by atoms with Crippen LogP contribution >= 0.6 is 0 Å². The van der Waals surface area contributed by atoms with E-state index in [0.717, 1.165) is 38.0 Å². The summed E-state index contributed by atoms with van der Waals surface area (Å²) in [5.74, 6) is 1.42. The highest BCUT2D eigenvalue weighted by Crippen LogP contribution is 2.35. The summed E-state index contributed by atoms with van der Waals surface area (Å²) < 4.78 is 5.53. The van der Waals surface area contributed by atoms with Gasteiger partial charge in [-0.05, 0) is 50.3 Å². The third kappa shape index (κ3) is 4.45. The zero-order valence-electron chi connectivity index (χ0n) is 16.8. The van der Waals surface area contributed by atoms with E-state index in [-0.39, 0.29) is 29.7 Å². The van der Waals surface area contributed by atoms with Crippen molar-refractivity contribution in [1.29, 1.82) is 0 Å². The Kier molecular flexibility index (Phi) is 6.40. The first-order valence-electron chi connectivity index (χ1n) is 10.3. The Morgan fingerprint density at radius 2 is 1.74 bits per heavy atom. The van der Waals surface area contributed by atoms with Crippen molar-refractivity contribution >= 4 is 11.8 Å². The molecule has 3 rings (SSSR count). The Morgan fingerprint density at radius 3 is 2.33 bits per heavy atom. The topological polar surface area (TPSA) is 49.9 Å². The molecule has 0 saturated carbocycles. The lowest BCUT2D eigenvalue weighted by atomic mass is 9.93. The molecule has 0 spiro atoms. The molecule has 0 bridgehead atoms. The number of hydrogen-bond donors (Lipinski definition) is 0. The van der Waals surface area contributed by atoms with Crippen molar-refractivity contribution in [3.63, 3.8) is 0 Å². The first-order valence-corrected chi connectivity index (χ1v) is 10.3. The predicted octanol–water partition coefficient (Wildman–Crippen LogP) is 3.64. The lowest BCUT2D eigenvalue weighted by molar-refractivity contribution is -0.142. The molecule has 2 aliphatic rings. The van der Waals surface area contributed by atoms with Gasteiger partial charge in [-0.15, -0.1) is 0 Å². The predicted molar refractivity (Wildman–Crippen MR) is 105 cm³/mol. The molecule has 2 amide bonds. The Hall–Kier alpha value is -2.04. The molecule has 148 valence electrons. The van der Waals surface area contributed by atoms with Crippen LogP contribution in [0.4, 0.5) is 0 Å². The lowest BCUT2D eigenvalue weighted by Crippen LogP contribution is -2.45. The van der Waals surface area contributed by atoms with Gasteiger partial charge in [0.2, 0.25) is 11.8 Å². The number of likely N-dealkylation sites (tertiary alicyclic amines) is 2. The number of benzene rings is 1. The van der Waals surface area contributed by atoms with Crippen LogP contribution in [-0.2, 0) is 9.59 Å². The van der Waals surface area contributed by atoms with Crippen LogP contribution in [0.3, 0.4) is 0 Å². The summed E-state index contributed by atoms with van der Waals surface area (Å²) in [6.45, 7) is 8.75. The van der Waals surface area contributed by atoms with E-state index in [2.05, 4.69) is 17.0 Å². The van der Waals surface area contributed by atoms with Crippen LogP contribution < -0.4 is 4.74 Å². The fourth-order valence-electron chi connectivity index (χ4n) is 4.28. The Bertz CT molecular complexity index is 648. The number of carbonyl (C=O) groups is 2. The average molecular weight is 373 g/mol. The van der Waals surface area contributed by atoms with Crippen molar-refractivity contribution in [3.8, 4) is 5.75 Å². The van der Waals surface area contributed by atoms with Gasteiger partial charge in [-0.2, -0.15) is 0 Å². The van der Waals surface area contributed by atoms with E-state index in [1.54, 1.807) is 0 Å². The Morgan fingerprint density at radius 1 is 1.07 bits per heavy atom. The normalized spacial score (nSPS) is 21.0. The molecule has 0 aromatic heterocycles. The molecule has 0 radical (unpaired) electrons. The smallest absolute Gasteiger partial charge is 0.226 e. The summed E-state index contributed by atoms with van der Waals surface area (Å²) in [4.78, 5) is 29.3. The minimum atomic E-state index is 0.0277. The number of carbonyl (C=O) groups excluding carboxylic acids is 2. The van der Waals surface area contributed by atoms with E-state index < -0.39 is 0 Å². The lowest BCUT2D eigenvalue weighted by Gasteiger charge is -2.35. The largest absolute Gasteiger partial charge is 0.494 e. The second kappa shape index (κ2) is 8.77. The quantitative estimate of drug-likeness (QED) is 0.793. The maximum Gasteiger partial charge on any atom is 0.226 e. The molecule has 1 aromatic carbocycles. The van der Waals surface area contributed by atoms with Crippen LogP contribution in [0.15, 0.2) is 24.3 Å². The molecule has 2 saturated heterocycles. The summed E-state index contributed by atoms with van der Waals surface area (Å²) in [6, 6.07) is 8.34. The SMILES string of the molecule is CCOc1ccc(C2CCCN2C(=O)C2CCN(C(=O)C(C)C)CC2)cc1. The third-order valence-corrected chi connectivity index (χ3v) is 5.76. The van der Waals surface area contributed by atoms with Gasteiger partial charge in [-0.3, -0.25) is 9.59 Å². The standard InChI is InChI=1S/C22H32N2O3/c1-4-27-19-9-7-17(8-10-19)20-6-5-13-24(20)22(26)18-11-14-23(15-12-18)21(25)16(2)3/h7-10,16,18,20H,4-6,11-15H2,1-3H3. The summed E-state index contributed by atoms with van der Waals surface area (Å²) in [7, 11) is 0. The summed E-state index contributed by atoms with van der Waals surface area (Å²) in [5, 5.41) is 0. The minimum Gasteiger partial charge on any atom is -0.494 e.